The third kappa shape index (κ3) is 5.22. The van der Waals surface area contributed by atoms with Crippen molar-refractivity contribution in [2.45, 2.75) is 17.9 Å². The number of esters is 1. The molecule has 1 unspecified atom stereocenters. The largest absolute Gasteiger partial charge is 0.454 e. The molecule has 1 aliphatic heterocycles. The Balaban J connectivity index is 1.50. The number of hydrogen-bond donors (Lipinski definition) is 1. The molecule has 1 amide bonds. The van der Waals surface area contributed by atoms with E-state index in [1.165, 1.54) is 18.7 Å². The Morgan fingerprint density at radius 3 is 2.78 bits per heavy atom. The molecule has 1 heterocycles. The number of thioether (sulfide) groups is 1. The van der Waals surface area contributed by atoms with E-state index >= 15 is 0 Å². The van der Waals surface area contributed by atoms with E-state index in [2.05, 4.69) is 5.32 Å². The molecule has 1 atom stereocenters. The first-order chi connectivity index (χ1) is 12.9. The van der Waals surface area contributed by atoms with Crippen LogP contribution in [0.5, 0.6) is 11.5 Å². The Bertz CT molecular complexity index is 877. The predicted octanol–water partition coefficient (Wildman–Crippen LogP) is 4.38. The van der Waals surface area contributed by atoms with Crippen molar-refractivity contribution in [3.05, 3.63) is 46.4 Å². The maximum Gasteiger partial charge on any atom is 0.317 e. The first-order valence-corrected chi connectivity index (χ1v) is 9.64. The number of anilines is 1. The van der Waals surface area contributed by atoms with Crippen LogP contribution in [-0.2, 0) is 14.3 Å². The minimum Gasteiger partial charge on any atom is -0.454 e. The van der Waals surface area contributed by atoms with E-state index in [4.69, 9.17) is 37.4 Å². The van der Waals surface area contributed by atoms with Gasteiger partial charge in [0, 0.05) is 21.7 Å². The zero-order chi connectivity index (χ0) is 19.4. The first kappa shape index (κ1) is 19.7. The lowest BCUT2D eigenvalue weighted by molar-refractivity contribution is -0.150. The van der Waals surface area contributed by atoms with Crippen LogP contribution in [0.1, 0.15) is 6.92 Å². The number of amides is 1. The van der Waals surface area contributed by atoms with E-state index in [9.17, 15) is 9.59 Å². The summed E-state index contributed by atoms with van der Waals surface area (Å²) >= 11 is 13.2. The normalized spacial score (nSPS) is 13.1. The summed E-state index contributed by atoms with van der Waals surface area (Å²) in [4.78, 5) is 24.9. The molecule has 0 saturated carbocycles. The van der Waals surface area contributed by atoms with Gasteiger partial charge in [0.15, 0.2) is 17.6 Å². The maximum absolute atomic E-state index is 12.2. The van der Waals surface area contributed by atoms with Crippen LogP contribution in [0.15, 0.2) is 41.3 Å². The number of hydrogen-bond acceptors (Lipinski definition) is 6. The minimum atomic E-state index is -0.960. The van der Waals surface area contributed by atoms with Gasteiger partial charge in [0.1, 0.15) is 0 Å². The van der Waals surface area contributed by atoms with Crippen molar-refractivity contribution in [1.82, 2.24) is 0 Å². The number of halogens is 2. The summed E-state index contributed by atoms with van der Waals surface area (Å²) in [6, 6.07) is 9.99. The Kier molecular flexibility index (Phi) is 6.36. The van der Waals surface area contributed by atoms with Crippen molar-refractivity contribution in [3.63, 3.8) is 0 Å². The van der Waals surface area contributed by atoms with Crippen LogP contribution in [0.2, 0.25) is 10.0 Å². The molecular weight excluding hydrogens is 413 g/mol. The van der Waals surface area contributed by atoms with E-state index in [0.717, 1.165) is 0 Å². The highest BCUT2D eigenvalue weighted by molar-refractivity contribution is 8.00. The molecule has 0 aromatic heterocycles. The monoisotopic (exact) mass is 427 g/mol. The summed E-state index contributed by atoms with van der Waals surface area (Å²) in [7, 11) is 0. The van der Waals surface area contributed by atoms with Crippen LogP contribution in [0.3, 0.4) is 0 Å². The number of carbonyl (C=O) groups is 2. The van der Waals surface area contributed by atoms with Gasteiger partial charge in [-0.25, -0.2) is 0 Å². The highest BCUT2D eigenvalue weighted by Gasteiger charge is 2.20. The summed E-state index contributed by atoms with van der Waals surface area (Å²) < 4.78 is 15.6. The summed E-state index contributed by atoms with van der Waals surface area (Å²) in [6.45, 7) is 1.65. The third-order valence-electron chi connectivity index (χ3n) is 3.56. The molecule has 1 N–H and O–H groups in total. The molecule has 2 aromatic rings. The molecule has 1 aliphatic rings. The van der Waals surface area contributed by atoms with Gasteiger partial charge >= 0.3 is 5.97 Å². The van der Waals surface area contributed by atoms with Crippen LogP contribution in [0, 0.1) is 0 Å². The van der Waals surface area contributed by atoms with Gasteiger partial charge in [-0.3, -0.25) is 9.59 Å². The lowest BCUT2D eigenvalue weighted by atomic mass is 10.2. The number of ether oxygens (including phenoxy) is 3. The first-order valence-electron chi connectivity index (χ1n) is 7.90. The summed E-state index contributed by atoms with van der Waals surface area (Å²) in [5.74, 6) is 0.177. The topological polar surface area (TPSA) is 73.9 Å². The zero-order valence-electron chi connectivity index (χ0n) is 14.2. The van der Waals surface area contributed by atoms with E-state index in [-0.39, 0.29) is 12.5 Å². The van der Waals surface area contributed by atoms with Crippen molar-refractivity contribution in [2.24, 2.45) is 0 Å². The molecular formula is C18H15Cl2NO5S. The van der Waals surface area contributed by atoms with Gasteiger partial charge in [0.25, 0.3) is 5.91 Å². The Labute approximate surface area is 170 Å². The molecule has 0 fully saturated rings. The van der Waals surface area contributed by atoms with Crippen molar-refractivity contribution >= 4 is 52.5 Å². The highest BCUT2D eigenvalue weighted by atomic mass is 35.5. The summed E-state index contributed by atoms with van der Waals surface area (Å²) in [6.07, 6.45) is -0.960. The Hall–Kier alpha value is -2.09. The van der Waals surface area contributed by atoms with Gasteiger partial charge < -0.3 is 19.5 Å². The number of fused-ring (bicyclic) bond motifs is 1. The molecule has 9 heteroatoms. The van der Waals surface area contributed by atoms with E-state index in [0.29, 0.717) is 32.1 Å². The molecule has 0 bridgehead atoms. The second kappa shape index (κ2) is 8.73. The van der Waals surface area contributed by atoms with Crippen LogP contribution in [0.4, 0.5) is 5.69 Å². The van der Waals surface area contributed by atoms with Gasteiger partial charge in [-0.05, 0) is 37.3 Å². The van der Waals surface area contributed by atoms with Gasteiger partial charge in [-0.15, -0.1) is 11.8 Å². The molecule has 2 aromatic carbocycles. The maximum atomic E-state index is 12.2. The smallest absolute Gasteiger partial charge is 0.317 e. The van der Waals surface area contributed by atoms with Crippen molar-refractivity contribution in [2.75, 3.05) is 17.9 Å². The van der Waals surface area contributed by atoms with Crippen molar-refractivity contribution < 1.29 is 23.8 Å². The molecule has 27 heavy (non-hydrogen) atoms. The summed E-state index contributed by atoms with van der Waals surface area (Å²) in [5, 5.41) is 3.68. The number of nitrogens with one attached hydrogen (secondary N) is 1. The van der Waals surface area contributed by atoms with Crippen LogP contribution in [0.25, 0.3) is 0 Å². The van der Waals surface area contributed by atoms with Crippen LogP contribution in [-0.4, -0.2) is 30.5 Å². The minimum absolute atomic E-state index is 0.00169. The predicted molar refractivity (Wildman–Crippen MR) is 104 cm³/mol. The quantitative estimate of drug-likeness (QED) is 0.544. The average Bonchev–Trinajstić information content (AvgIpc) is 3.10. The molecule has 0 radical (unpaired) electrons. The molecule has 142 valence electrons. The van der Waals surface area contributed by atoms with Gasteiger partial charge in [-0.2, -0.15) is 0 Å². The fourth-order valence-electron chi connectivity index (χ4n) is 2.23. The fourth-order valence-corrected chi connectivity index (χ4v) is 3.50. The molecule has 0 aliphatic carbocycles. The standard InChI is InChI=1S/C18H15Cl2NO5S/c1-10(18(23)21-12-3-5-14-15(7-12)25-9-24-14)26-17(22)8-27-16-6-11(19)2-4-13(16)20/h2-7,10H,8-9H2,1H3,(H,21,23). The third-order valence-corrected chi connectivity index (χ3v) is 5.26. The van der Waals surface area contributed by atoms with Gasteiger partial charge in [0.05, 0.1) is 10.8 Å². The second-order valence-electron chi connectivity index (χ2n) is 5.55. The highest BCUT2D eigenvalue weighted by Crippen LogP contribution is 2.34. The fraction of sp³-hybridized carbons (Fsp3) is 0.222. The van der Waals surface area contributed by atoms with E-state index < -0.39 is 18.0 Å². The number of benzene rings is 2. The molecule has 0 saturated heterocycles. The SMILES string of the molecule is CC(OC(=O)CSc1cc(Cl)ccc1Cl)C(=O)Nc1ccc2c(c1)OCO2. The zero-order valence-corrected chi connectivity index (χ0v) is 16.5. The van der Waals surface area contributed by atoms with E-state index in [1.54, 1.807) is 36.4 Å². The summed E-state index contributed by atoms with van der Waals surface area (Å²) in [5.41, 5.74) is 0.521. The van der Waals surface area contributed by atoms with Crippen molar-refractivity contribution in [1.29, 1.82) is 0 Å². The van der Waals surface area contributed by atoms with Crippen LogP contribution < -0.4 is 14.8 Å². The van der Waals surface area contributed by atoms with E-state index in [1.807, 2.05) is 0 Å². The molecule has 6 nitrogen and oxygen atoms in total. The Morgan fingerprint density at radius 2 is 1.96 bits per heavy atom. The lowest BCUT2D eigenvalue weighted by Crippen LogP contribution is -2.30. The molecule has 0 spiro atoms. The molecule has 3 rings (SSSR count). The second-order valence-corrected chi connectivity index (χ2v) is 7.41. The Morgan fingerprint density at radius 1 is 1.19 bits per heavy atom. The average molecular weight is 428 g/mol. The van der Waals surface area contributed by atoms with Gasteiger partial charge in [0.2, 0.25) is 6.79 Å². The number of carbonyl (C=O) groups excluding carboxylic acids is 2. The lowest BCUT2D eigenvalue weighted by Gasteiger charge is -2.14. The van der Waals surface area contributed by atoms with Crippen molar-refractivity contribution in [3.8, 4) is 11.5 Å². The van der Waals surface area contributed by atoms with Gasteiger partial charge in [-0.1, -0.05) is 23.2 Å². The van der Waals surface area contributed by atoms with Crippen LogP contribution >= 0.6 is 35.0 Å². The number of rotatable bonds is 6.